The number of nitrogens with one attached hydrogen (secondary N) is 1. The number of amides is 1. The van der Waals surface area contributed by atoms with Crippen LogP contribution in [0.4, 0.5) is 0 Å². The van der Waals surface area contributed by atoms with Crippen molar-refractivity contribution in [1.29, 1.82) is 0 Å². The lowest BCUT2D eigenvalue weighted by Crippen LogP contribution is -2.43. The van der Waals surface area contributed by atoms with Gasteiger partial charge in [0.15, 0.2) is 0 Å². The third-order valence-electron chi connectivity index (χ3n) is 6.39. The molecule has 35 heavy (non-hydrogen) atoms. The summed E-state index contributed by atoms with van der Waals surface area (Å²) in [5.41, 5.74) is 5.20. The van der Waals surface area contributed by atoms with Crippen molar-refractivity contribution in [1.82, 2.24) is 29.9 Å². The number of nitrogens with zero attached hydrogens (tertiary/aromatic N) is 5. The van der Waals surface area contributed by atoms with Crippen LogP contribution in [0.2, 0.25) is 0 Å². The Morgan fingerprint density at radius 2 is 1.66 bits per heavy atom. The van der Waals surface area contributed by atoms with Crippen molar-refractivity contribution < 1.29 is 4.79 Å². The summed E-state index contributed by atoms with van der Waals surface area (Å²) >= 11 is 0. The zero-order valence-corrected chi connectivity index (χ0v) is 20.0. The molecule has 0 bridgehead atoms. The van der Waals surface area contributed by atoms with Crippen LogP contribution in [0.15, 0.2) is 85.3 Å². The van der Waals surface area contributed by atoms with E-state index in [-0.39, 0.29) is 5.91 Å². The number of carbonyl (C=O) groups is 1. The molecule has 2 aromatic heterocycles. The van der Waals surface area contributed by atoms with Crippen LogP contribution in [-0.4, -0.2) is 63.7 Å². The topological polar surface area (TPSA) is 66.3 Å². The first-order valence-electron chi connectivity index (χ1n) is 12.0. The number of hydrogen-bond donors (Lipinski definition) is 1. The lowest BCUT2D eigenvalue weighted by Gasteiger charge is -2.32. The summed E-state index contributed by atoms with van der Waals surface area (Å²) in [5.74, 6) is -0.160. The molecule has 7 heteroatoms. The van der Waals surface area contributed by atoms with Gasteiger partial charge in [0, 0.05) is 63.4 Å². The number of piperazine rings is 1. The second-order valence-corrected chi connectivity index (χ2v) is 8.99. The fourth-order valence-corrected chi connectivity index (χ4v) is 4.27. The summed E-state index contributed by atoms with van der Waals surface area (Å²) in [6.45, 7) is 5.86. The molecule has 1 aliphatic rings. The maximum atomic E-state index is 13.2. The van der Waals surface area contributed by atoms with Crippen LogP contribution in [-0.2, 0) is 13.1 Å². The molecule has 0 atom stereocenters. The Labute approximate surface area is 206 Å². The van der Waals surface area contributed by atoms with Gasteiger partial charge in [0.2, 0.25) is 0 Å². The maximum Gasteiger partial charge on any atom is 0.255 e. The molecule has 178 valence electrons. The Morgan fingerprint density at radius 1 is 0.914 bits per heavy atom. The normalized spacial score (nSPS) is 14.7. The van der Waals surface area contributed by atoms with E-state index in [1.807, 2.05) is 42.5 Å². The molecule has 1 amide bonds. The number of benzene rings is 2. The Balaban J connectivity index is 1.27. The van der Waals surface area contributed by atoms with Gasteiger partial charge in [0.25, 0.3) is 5.91 Å². The molecule has 1 N–H and O–H groups in total. The highest BCUT2D eigenvalue weighted by molar-refractivity contribution is 5.99. The highest BCUT2D eigenvalue weighted by Crippen LogP contribution is 2.23. The van der Waals surface area contributed by atoms with E-state index >= 15 is 0 Å². The van der Waals surface area contributed by atoms with Gasteiger partial charge in [-0.05, 0) is 42.4 Å². The minimum absolute atomic E-state index is 0.160. The van der Waals surface area contributed by atoms with E-state index in [9.17, 15) is 4.79 Å². The first-order valence-corrected chi connectivity index (χ1v) is 12.0. The van der Waals surface area contributed by atoms with Crippen LogP contribution in [0, 0.1) is 0 Å². The molecule has 5 rings (SSSR count). The van der Waals surface area contributed by atoms with Gasteiger partial charge in [-0.25, -0.2) is 4.68 Å². The van der Waals surface area contributed by atoms with Crippen molar-refractivity contribution in [3.05, 3.63) is 102 Å². The van der Waals surface area contributed by atoms with E-state index in [0.29, 0.717) is 17.8 Å². The molecule has 0 aliphatic carbocycles. The summed E-state index contributed by atoms with van der Waals surface area (Å²) in [6.07, 6.45) is 5.23. The smallest absolute Gasteiger partial charge is 0.255 e. The van der Waals surface area contributed by atoms with E-state index in [1.165, 1.54) is 5.56 Å². The average molecular weight is 467 g/mol. The van der Waals surface area contributed by atoms with Crippen LogP contribution in [0.1, 0.15) is 21.5 Å². The fourth-order valence-electron chi connectivity index (χ4n) is 4.27. The average Bonchev–Trinajstić information content (AvgIpc) is 3.36. The van der Waals surface area contributed by atoms with Crippen molar-refractivity contribution >= 4 is 5.91 Å². The third-order valence-corrected chi connectivity index (χ3v) is 6.39. The molecular weight excluding hydrogens is 436 g/mol. The number of likely N-dealkylation sites (N-methyl/N-ethyl adjacent to an activating group) is 1. The van der Waals surface area contributed by atoms with Crippen LogP contribution in [0.5, 0.6) is 0 Å². The van der Waals surface area contributed by atoms with E-state index in [4.69, 9.17) is 5.10 Å². The monoisotopic (exact) mass is 466 g/mol. The molecule has 4 aromatic rings. The highest BCUT2D eigenvalue weighted by atomic mass is 16.1. The van der Waals surface area contributed by atoms with Crippen molar-refractivity contribution in [2.75, 3.05) is 33.2 Å². The number of aromatic nitrogens is 3. The van der Waals surface area contributed by atoms with Crippen LogP contribution in [0.3, 0.4) is 0 Å². The largest absolute Gasteiger partial charge is 0.348 e. The summed E-state index contributed by atoms with van der Waals surface area (Å²) < 4.78 is 1.74. The van der Waals surface area contributed by atoms with Gasteiger partial charge in [-0.2, -0.15) is 5.10 Å². The SMILES string of the molecule is CN1CCN(Cc2ccc(CNC(=O)c3cn(-c4ccccc4)nc3-c3cccnc3)cc2)CC1. The Hall–Kier alpha value is -3.81. The third kappa shape index (κ3) is 5.65. The van der Waals surface area contributed by atoms with Crippen molar-refractivity contribution in [2.45, 2.75) is 13.1 Å². The number of pyridine rings is 1. The standard InChI is InChI=1S/C28H30N6O/c1-32-14-16-33(17-15-32)20-23-11-9-22(10-12-23)18-30-28(35)26-21-34(25-7-3-2-4-8-25)31-27(26)24-6-5-13-29-19-24/h2-13,19,21H,14-18,20H2,1H3,(H,30,35). The van der Waals surface area contributed by atoms with E-state index in [1.54, 1.807) is 23.3 Å². The fraction of sp³-hybridized carbons (Fsp3) is 0.250. The van der Waals surface area contributed by atoms with Gasteiger partial charge in [0.05, 0.1) is 11.3 Å². The van der Waals surface area contributed by atoms with Crippen LogP contribution < -0.4 is 5.32 Å². The van der Waals surface area contributed by atoms with Gasteiger partial charge < -0.3 is 10.2 Å². The first-order chi connectivity index (χ1) is 17.2. The molecule has 0 saturated carbocycles. The number of hydrogen-bond acceptors (Lipinski definition) is 5. The molecule has 1 saturated heterocycles. The molecule has 7 nitrogen and oxygen atoms in total. The summed E-state index contributed by atoms with van der Waals surface area (Å²) in [6, 6.07) is 22.1. The second-order valence-electron chi connectivity index (χ2n) is 8.99. The summed E-state index contributed by atoms with van der Waals surface area (Å²) in [5, 5.41) is 7.77. The quantitative estimate of drug-likeness (QED) is 0.451. The summed E-state index contributed by atoms with van der Waals surface area (Å²) in [4.78, 5) is 22.3. The van der Waals surface area contributed by atoms with Gasteiger partial charge in [0.1, 0.15) is 5.69 Å². The van der Waals surface area contributed by atoms with E-state index in [2.05, 4.69) is 51.4 Å². The van der Waals surface area contributed by atoms with Gasteiger partial charge in [-0.15, -0.1) is 0 Å². The van der Waals surface area contributed by atoms with Crippen molar-refractivity contribution in [3.63, 3.8) is 0 Å². The Bertz CT molecular complexity index is 1250. The van der Waals surface area contributed by atoms with Gasteiger partial charge in [-0.1, -0.05) is 42.5 Å². The maximum absolute atomic E-state index is 13.2. The van der Waals surface area contributed by atoms with Crippen molar-refractivity contribution in [2.24, 2.45) is 0 Å². The van der Waals surface area contributed by atoms with E-state index in [0.717, 1.165) is 49.5 Å². The number of para-hydroxylation sites is 1. The molecule has 0 spiro atoms. The molecule has 1 fully saturated rings. The minimum atomic E-state index is -0.160. The number of rotatable bonds is 7. The molecule has 0 unspecified atom stereocenters. The minimum Gasteiger partial charge on any atom is -0.348 e. The summed E-state index contributed by atoms with van der Waals surface area (Å²) in [7, 11) is 2.17. The zero-order chi connectivity index (χ0) is 24.0. The predicted molar refractivity (Wildman–Crippen MR) is 137 cm³/mol. The number of carbonyl (C=O) groups excluding carboxylic acids is 1. The lowest BCUT2D eigenvalue weighted by molar-refractivity contribution is 0.0951. The van der Waals surface area contributed by atoms with E-state index < -0.39 is 0 Å². The Kier molecular flexibility index (Phi) is 6.97. The molecule has 2 aromatic carbocycles. The molecular formula is C28H30N6O. The lowest BCUT2D eigenvalue weighted by atomic mass is 10.1. The van der Waals surface area contributed by atoms with Crippen molar-refractivity contribution in [3.8, 4) is 16.9 Å². The highest BCUT2D eigenvalue weighted by Gasteiger charge is 2.19. The predicted octanol–water partition coefficient (Wildman–Crippen LogP) is 3.61. The Morgan fingerprint density at radius 3 is 2.37 bits per heavy atom. The molecule has 1 aliphatic heterocycles. The molecule has 3 heterocycles. The van der Waals surface area contributed by atoms with Gasteiger partial charge >= 0.3 is 0 Å². The van der Waals surface area contributed by atoms with Gasteiger partial charge in [-0.3, -0.25) is 14.7 Å². The van der Waals surface area contributed by atoms with Crippen LogP contribution >= 0.6 is 0 Å². The second kappa shape index (κ2) is 10.6. The zero-order valence-electron chi connectivity index (χ0n) is 20.0. The molecule has 0 radical (unpaired) electrons. The first kappa shape index (κ1) is 23.0. The van der Waals surface area contributed by atoms with Crippen LogP contribution in [0.25, 0.3) is 16.9 Å².